The summed E-state index contributed by atoms with van der Waals surface area (Å²) in [7, 11) is 3.32. The molecule has 18 nitrogen and oxygen atoms in total. The van der Waals surface area contributed by atoms with Crippen molar-refractivity contribution in [3.63, 3.8) is 0 Å². The topological polar surface area (TPSA) is 185 Å². The lowest BCUT2D eigenvalue weighted by molar-refractivity contribution is -0.122. The second kappa shape index (κ2) is 20.9. The fourth-order valence-corrected chi connectivity index (χ4v) is 8.41. The van der Waals surface area contributed by atoms with E-state index in [1.54, 1.807) is 61.8 Å². The molecule has 3 aliphatic rings. The molecule has 1 fully saturated rings. The van der Waals surface area contributed by atoms with Crippen LogP contribution in [0.25, 0.3) is 0 Å². The minimum atomic E-state index is -0.963. The number of anilines is 2. The van der Waals surface area contributed by atoms with Gasteiger partial charge >= 0.3 is 0 Å². The maximum Gasteiger partial charge on any atom is 0.274 e. The van der Waals surface area contributed by atoms with Gasteiger partial charge in [0.25, 0.3) is 23.6 Å². The van der Waals surface area contributed by atoms with Gasteiger partial charge in [-0.25, -0.2) is 9.36 Å². The molecule has 4 atom stereocenters. The minimum absolute atomic E-state index is 0.102. The highest BCUT2D eigenvalue weighted by molar-refractivity contribution is 6.04. The second-order valence-corrected chi connectivity index (χ2v) is 17.4. The number of hydrogen-bond donors (Lipinski definition) is 2. The van der Waals surface area contributed by atoms with E-state index in [0.29, 0.717) is 49.1 Å². The Bertz CT molecular complexity index is 2810. The third kappa shape index (κ3) is 10.8. The van der Waals surface area contributed by atoms with E-state index in [9.17, 15) is 19.2 Å². The number of nitrogens with one attached hydrogen (secondary N) is 2. The summed E-state index contributed by atoms with van der Waals surface area (Å²) in [6.45, 7) is 8.86. The number of nitrogens with zero attached hydrogens (tertiary/aromatic N) is 10. The van der Waals surface area contributed by atoms with Gasteiger partial charge in [0, 0.05) is 51.4 Å². The van der Waals surface area contributed by atoms with Crippen LogP contribution in [0.1, 0.15) is 57.1 Å². The number of carbonyl (C=O) groups is 4. The first-order valence-corrected chi connectivity index (χ1v) is 23.0. The molecule has 4 aromatic carbocycles. The average Bonchev–Trinajstić information content (AvgIpc) is 4.02. The van der Waals surface area contributed by atoms with E-state index in [4.69, 9.17) is 9.47 Å². The molecule has 9 rings (SSSR count). The van der Waals surface area contributed by atoms with Crippen molar-refractivity contribution in [2.75, 3.05) is 63.2 Å². The van der Waals surface area contributed by atoms with Crippen LogP contribution in [0.4, 0.5) is 11.4 Å². The van der Waals surface area contributed by atoms with Crippen LogP contribution < -0.4 is 29.9 Å². The largest absolute Gasteiger partial charge is 0.486 e. The highest BCUT2D eigenvalue weighted by Crippen LogP contribution is 2.35. The Labute approximate surface area is 405 Å². The molecule has 356 valence electrons. The molecule has 0 bridgehead atoms. The number of carbonyl (C=O) groups excluding carboxylic acids is 4. The first kappa shape index (κ1) is 46.8. The zero-order chi connectivity index (χ0) is 48.7. The molecule has 5 heterocycles. The molecular weight excluding hydrogens is 889 g/mol. The number of benzene rings is 4. The van der Waals surface area contributed by atoms with Gasteiger partial charge in [0.1, 0.15) is 35.8 Å². The molecule has 2 N–H and O–H groups in total. The zero-order valence-electron chi connectivity index (χ0n) is 39.3. The van der Waals surface area contributed by atoms with Gasteiger partial charge in [-0.2, -0.15) is 0 Å². The number of piperazine rings is 1. The number of ether oxygens (including phenoxy) is 2. The second-order valence-electron chi connectivity index (χ2n) is 17.4. The van der Waals surface area contributed by atoms with Crippen molar-refractivity contribution in [2.45, 2.75) is 51.2 Å². The Morgan fingerprint density at radius 3 is 1.40 bits per heavy atom. The number of rotatable bonds is 10. The molecule has 70 heavy (non-hydrogen) atoms. The van der Waals surface area contributed by atoms with E-state index in [0.717, 1.165) is 48.4 Å². The fraction of sp³-hybridized carbons (Fsp3) is 0.308. The minimum Gasteiger partial charge on any atom is -0.486 e. The smallest absolute Gasteiger partial charge is 0.274 e. The van der Waals surface area contributed by atoms with Crippen LogP contribution in [0.15, 0.2) is 109 Å². The molecule has 0 unspecified atom stereocenters. The van der Waals surface area contributed by atoms with Crippen LogP contribution in [-0.4, -0.2) is 141 Å². The third-order valence-corrected chi connectivity index (χ3v) is 12.4. The van der Waals surface area contributed by atoms with Crippen molar-refractivity contribution in [2.24, 2.45) is 0 Å². The SMILES string of the molecule is C[C@H]1Oc2ccc(C#CCN3CCN(CC#Cc4ccc5c(c4)N(C)C(=O)[C@@H](NC(=O)c4cn(Cc6ccccc6)nn4)[C@@H](C)O5)CC3)cc2N(C)C(=O)[C@H]1NC(=O)c1cn(Cc2ccccc2)nn1. The zero-order valence-corrected chi connectivity index (χ0v) is 39.3. The predicted octanol–water partition coefficient (Wildman–Crippen LogP) is 3.07. The third-order valence-electron chi connectivity index (χ3n) is 12.4. The maximum atomic E-state index is 13.7. The molecule has 0 radical (unpaired) electrons. The van der Waals surface area contributed by atoms with Gasteiger partial charge in [-0.1, -0.05) is 94.8 Å². The van der Waals surface area contributed by atoms with Crippen molar-refractivity contribution in [1.29, 1.82) is 0 Å². The molecule has 0 spiro atoms. The molecule has 3 aliphatic heterocycles. The molecule has 0 saturated carbocycles. The van der Waals surface area contributed by atoms with Crippen molar-refractivity contribution in [3.05, 3.63) is 143 Å². The summed E-state index contributed by atoms with van der Waals surface area (Å²) in [6, 6.07) is 28.5. The van der Waals surface area contributed by atoms with Crippen molar-refractivity contribution < 1.29 is 28.7 Å². The average molecular weight is 941 g/mol. The van der Waals surface area contributed by atoms with Crippen LogP contribution in [0.3, 0.4) is 0 Å². The lowest BCUT2D eigenvalue weighted by atomic mass is 10.1. The van der Waals surface area contributed by atoms with E-state index in [-0.39, 0.29) is 23.2 Å². The van der Waals surface area contributed by atoms with Gasteiger partial charge in [0.05, 0.1) is 49.9 Å². The molecule has 18 heteroatoms. The van der Waals surface area contributed by atoms with E-state index in [1.165, 1.54) is 9.80 Å². The monoisotopic (exact) mass is 940 g/mol. The maximum absolute atomic E-state index is 13.7. The van der Waals surface area contributed by atoms with E-state index in [1.807, 2.05) is 84.9 Å². The quantitative estimate of drug-likeness (QED) is 0.192. The van der Waals surface area contributed by atoms with Crippen molar-refractivity contribution >= 4 is 35.0 Å². The Morgan fingerprint density at radius 1 is 0.600 bits per heavy atom. The summed E-state index contributed by atoms with van der Waals surface area (Å²) in [4.78, 5) is 61.5. The molecule has 0 aliphatic carbocycles. The van der Waals surface area contributed by atoms with Gasteiger partial charge in [0.15, 0.2) is 11.4 Å². The molecule has 2 aromatic heterocycles. The predicted molar refractivity (Wildman–Crippen MR) is 260 cm³/mol. The summed E-state index contributed by atoms with van der Waals surface area (Å²) in [5.41, 5.74) is 4.83. The number of hydrogen-bond acceptors (Lipinski definition) is 12. The summed E-state index contributed by atoms with van der Waals surface area (Å²) in [6.07, 6.45) is 1.79. The lowest BCUT2D eigenvalue weighted by Crippen LogP contribution is -2.53. The normalized spacial score (nSPS) is 19.1. The van der Waals surface area contributed by atoms with Gasteiger partial charge < -0.3 is 29.9 Å². The fourth-order valence-electron chi connectivity index (χ4n) is 8.41. The van der Waals surface area contributed by atoms with Crippen molar-refractivity contribution in [3.8, 4) is 35.2 Å². The Kier molecular flexibility index (Phi) is 14.0. The van der Waals surface area contributed by atoms with Gasteiger partial charge in [-0.15, -0.1) is 10.2 Å². The van der Waals surface area contributed by atoms with Crippen LogP contribution in [-0.2, 0) is 22.7 Å². The highest BCUT2D eigenvalue weighted by atomic mass is 16.5. The lowest BCUT2D eigenvalue weighted by Gasteiger charge is -2.32. The summed E-state index contributed by atoms with van der Waals surface area (Å²) >= 11 is 0. The Hall–Kier alpha value is -8.32. The summed E-state index contributed by atoms with van der Waals surface area (Å²) < 4.78 is 15.6. The molecule has 6 aromatic rings. The number of likely N-dealkylation sites (N-methyl/N-ethyl adjacent to an activating group) is 2. The molecule has 4 amide bonds. The summed E-state index contributed by atoms with van der Waals surface area (Å²) in [5.74, 6) is 12.4. The van der Waals surface area contributed by atoms with Crippen LogP contribution in [0, 0.1) is 23.7 Å². The Morgan fingerprint density at radius 2 is 1.00 bits per heavy atom. The summed E-state index contributed by atoms with van der Waals surface area (Å²) in [5, 5.41) is 21.9. The molecule has 1 saturated heterocycles. The van der Waals surface area contributed by atoms with E-state index < -0.39 is 36.1 Å². The number of amides is 4. The van der Waals surface area contributed by atoms with Crippen LogP contribution in [0.5, 0.6) is 11.5 Å². The standard InChI is InChI=1S/C52H52N12O6/c1-35-47(53-49(65)41-33-63(57-55-41)31-39-13-7-5-8-14-39)51(67)59(3)43-29-37(19-21-45(43)69-35)17-11-23-61-25-27-62(28-26-61)24-12-18-38-20-22-46-44(30-38)60(4)52(68)48(36(2)70-46)54-50(66)42-34-64(58-56-42)32-40-15-9-6-10-16-40/h5-10,13-16,19-22,29-30,33-36,47-48H,23-28,31-32H2,1-4H3,(H,53,65)(H,54,66)/t35-,36-,47+,48+/m1/s1. The van der Waals surface area contributed by atoms with Crippen LogP contribution in [0.2, 0.25) is 0 Å². The Balaban J connectivity index is 0.739. The first-order valence-electron chi connectivity index (χ1n) is 23.0. The highest BCUT2D eigenvalue weighted by Gasteiger charge is 2.38. The first-order chi connectivity index (χ1) is 33.9. The number of fused-ring (bicyclic) bond motifs is 2. The van der Waals surface area contributed by atoms with Crippen LogP contribution >= 0.6 is 0 Å². The van der Waals surface area contributed by atoms with E-state index in [2.05, 4.69) is 64.7 Å². The van der Waals surface area contributed by atoms with E-state index >= 15 is 0 Å². The van der Waals surface area contributed by atoms with Crippen molar-refractivity contribution in [1.82, 2.24) is 50.4 Å². The number of aromatic nitrogens is 6. The van der Waals surface area contributed by atoms with Gasteiger partial charge in [-0.05, 0) is 61.4 Å². The van der Waals surface area contributed by atoms with Gasteiger partial charge in [-0.3, -0.25) is 29.0 Å². The van der Waals surface area contributed by atoms with Gasteiger partial charge in [0.2, 0.25) is 0 Å². The molecular formula is C52H52N12O6.